The standard InChI is InChI=1S/C12H18N2O4S/c1-18-12-3-2-10(8-11(12)13)19(16,17)14-6-4-9(15)5-7-14/h2-3,8-9,15H,4-7,13H2,1H3. The molecule has 1 fully saturated rings. The van der Waals surface area contributed by atoms with Crippen LogP contribution in [-0.4, -0.2) is 44.1 Å². The van der Waals surface area contributed by atoms with E-state index in [1.807, 2.05) is 0 Å². The number of ether oxygens (including phenoxy) is 1. The summed E-state index contributed by atoms with van der Waals surface area (Å²) in [5.41, 5.74) is 6.02. The van der Waals surface area contributed by atoms with Gasteiger partial charge in [-0.3, -0.25) is 0 Å². The van der Waals surface area contributed by atoms with Crippen molar-refractivity contribution in [2.75, 3.05) is 25.9 Å². The van der Waals surface area contributed by atoms with Gasteiger partial charge in [-0.2, -0.15) is 4.31 Å². The van der Waals surface area contributed by atoms with Crippen LogP contribution in [0.1, 0.15) is 12.8 Å². The monoisotopic (exact) mass is 286 g/mol. The van der Waals surface area contributed by atoms with E-state index in [0.29, 0.717) is 37.4 Å². The van der Waals surface area contributed by atoms with Gasteiger partial charge in [0, 0.05) is 13.1 Å². The zero-order chi connectivity index (χ0) is 14.0. The number of nitrogen functional groups attached to an aromatic ring is 1. The van der Waals surface area contributed by atoms with Crippen LogP contribution in [0.5, 0.6) is 5.75 Å². The Labute approximate surface area is 112 Å². The number of methoxy groups -OCH3 is 1. The molecule has 0 aromatic heterocycles. The predicted molar refractivity (Wildman–Crippen MR) is 71.4 cm³/mol. The average molecular weight is 286 g/mol. The Morgan fingerprint density at radius 2 is 2.00 bits per heavy atom. The Hall–Kier alpha value is -1.31. The fourth-order valence-corrected chi connectivity index (χ4v) is 3.61. The van der Waals surface area contributed by atoms with E-state index in [1.165, 1.54) is 23.5 Å². The Morgan fingerprint density at radius 3 is 2.53 bits per heavy atom. The molecule has 6 nitrogen and oxygen atoms in total. The van der Waals surface area contributed by atoms with E-state index in [2.05, 4.69) is 0 Å². The number of anilines is 1. The number of sulfonamides is 1. The third-order valence-corrected chi connectivity index (χ3v) is 5.16. The molecule has 2 rings (SSSR count). The van der Waals surface area contributed by atoms with Gasteiger partial charge >= 0.3 is 0 Å². The quantitative estimate of drug-likeness (QED) is 0.786. The van der Waals surface area contributed by atoms with Crippen molar-refractivity contribution in [1.82, 2.24) is 4.31 Å². The van der Waals surface area contributed by atoms with Gasteiger partial charge in [0.15, 0.2) is 0 Å². The molecule has 0 atom stereocenters. The summed E-state index contributed by atoms with van der Waals surface area (Å²) in [7, 11) is -2.07. The minimum absolute atomic E-state index is 0.155. The molecule has 0 unspecified atom stereocenters. The highest BCUT2D eigenvalue weighted by atomic mass is 32.2. The Kier molecular flexibility index (Phi) is 3.98. The van der Waals surface area contributed by atoms with Crippen molar-refractivity contribution in [3.8, 4) is 5.75 Å². The lowest BCUT2D eigenvalue weighted by atomic mass is 10.1. The minimum Gasteiger partial charge on any atom is -0.495 e. The van der Waals surface area contributed by atoms with Crippen molar-refractivity contribution in [3.05, 3.63) is 18.2 Å². The van der Waals surface area contributed by atoms with Gasteiger partial charge in [0.05, 0.1) is 23.8 Å². The Bertz CT molecular complexity index is 551. The van der Waals surface area contributed by atoms with Crippen LogP contribution in [0.3, 0.4) is 0 Å². The molecule has 1 aromatic rings. The molecule has 1 heterocycles. The van der Waals surface area contributed by atoms with Gasteiger partial charge < -0.3 is 15.6 Å². The maximum Gasteiger partial charge on any atom is 0.243 e. The van der Waals surface area contributed by atoms with Crippen LogP contribution in [0.25, 0.3) is 0 Å². The Morgan fingerprint density at radius 1 is 1.37 bits per heavy atom. The van der Waals surface area contributed by atoms with Gasteiger partial charge in [-0.05, 0) is 31.0 Å². The van der Waals surface area contributed by atoms with E-state index >= 15 is 0 Å². The van der Waals surface area contributed by atoms with E-state index in [1.54, 1.807) is 6.07 Å². The molecule has 3 N–H and O–H groups in total. The summed E-state index contributed by atoms with van der Waals surface area (Å²) in [6, 6.07) is 4.43. The molecule has 1 aliphatic heterocycles. The van der Waals surface area contributed by atoms with Gasteiger partial charge in [0.25, 0.3) is 0 Å². The third-order valence-electron chi connectivity index (χ3n) is 3.26. The van der Waals surface area contributed by atoms with Crippen LogP contribution in [0, 0.1) is 0 Å². The molecule has 1 aromatic carbocycles. The van der Waals surface area contributed by atoms with E-state index < -0.39 is 16.1 Å². The maximum atomic E-state index is 12.4. The van der Waals surface area contributed by atoms with Crippen molar-refractivity contribution in [2.24, 2.45) is 0 Å². The number of rotatable bonds is 3. The normalized spacial score (nSPS) is 18.4. The number of benzene rings is 1. The number of aliphatic hydroxyl groups is 1. The second-order valence-electron chi connectivity index (χ2n) is 4.54. The lowest BCUT2D eigenvalue weighted by molar-refractivity contribution is 0.113. The third kappa shape index (κ3) is 2.83. The summed E-state index contributed by atoms with van der Waals surface area (Å²) in [6.07, 6.45) is 0.516. The highest BCUT2D eigenvalue weighted by Gasteiger charge is 2.29. The first-order chi connectivity index (χ1) is 8.95. The summed E-state index contributed by atoms with van der Waals surface area (Å²) >= 11 is 0. The molecular weight excluding hydrogens is 268 g/mol. The molecule has 0 radical (unpaired) electrons. The first-order valence-corrected chi connectivity index (χ1v) is 7.51. The minimum atomic E-state index is -3.55. The molecule has 0 spiro atoms. The van der Waals surface area contributed by atoms with Gasteiger partial charge in [-0.1, -0.05) is 0 Å². The first-order valence-electron chi connectivity index (χ1n) is 6.07. The van der Waals surface area contributed by atoms with Crippen molar-refractivity contribution in [2.45, 2.75) is 23.8 Å². The summed E-state index contributed by atoms with van der Waals surface area (Å²) in [6.45, 7) is 0.658. The Balaban J connectivity index is 2.27. The van der Waals surface area contributed by atoms with E-state index in [-0.39, 0.29) is 4.90 Å². The van der Waals surface area contributed by atoms with E-state index in [0.717, 1.165) is 0 Å². The van der Waals surface area contributed by atoms with E-state index in [9.17, 15) is 13.5 Å². The van der Waals surface area contributed by atoms with Crippen LogP contribution in [0.2, 0.25) is 0 Å². The number of nitrogens with zero attached hydrogens (tertiary/aromatic N) is 1. The smallest absolute Gasteiger partial charge is 0.243 e. The van der Waals surface area contributed by atoms with Crippen molar-refractivity contribution >= 4 is 15.7 Å². The highest BCUT2D eigenvalue weighted by Crippen LogP contribution is 2.27. The van der Waals surface area contributed by atoms with Gasteiger partial charge in [0.1, 0.15) is 5.75 Å². The topological polar surface area (TPSA) is 92.9 Å². The van der Waals surface area contributed by atoms with Crippen LogP contribution in [0.4, 0.5) is 5.69 Å². The SMILES string of the molecule is COc1ccc(S(=O)(=O)N2CCC(O)CC2)cc1N. The van der Waals surface area contributed by atoms with Crippen LogP contribution >= 0.6 is 0 Å². The molecule has 0 bridgehead atoms. The molecule has 19 heavy (non-hydrogen) atoms. The van der Waals surface area contributed by atoms with Crippen molar-refractivity contribution < 1.29 is 18.3 Å². The average Bonchev–Trinajstić information content (AvgIpc) is 2.39. The summed E-state index contributed by atoms with van der Waals surface area (Å²) < 4.78 is 31.2. The van der Waals surface area contributed by atoms with Crippen LogP contribution in [-0.2, 0) is 10.0 Å². The molecular formula is C12H18N2O4S. The summed E-state index contributed by atoms with van der Waals surface area (Å²) in [5, 5.41) is 9.42. The lowest BCUT2D eigenvalue weighted by Crippen LogP contribution is -2.40. The molecule has 0 amide bonds. The van der Waals surface area contributed by atoms with E-state index in [4.69, 9.17) is 10.5 Å². The maximum absolute atomic E-state index is 12.4. The van der Waals surface area contributed by atoms with Crippen molar-refractivity contribution in [3.63, 3.8) is 0 Å². The first kappa shape index (κ1) is 14.1. The lowest BCUT2D eigenvalue weighted by Gasteiger charge is -2.28. The number of aliphatic hydroxyl groups excluding tert-OH is 1. The van der Waals surface area contributed by atoms with Crippen molar-refractivity contribution in [1.29, 1.82) is 0 Å². The van der Waals surface area contributed by atoms with Crippen LogP contribution in [0.15, 0.2) is 23.1 Å². The molecule has 0 aliphatic carbocycles. The molecule has 7 heteroatoms. The fourth-order valence-electron chi connectivity index (χ4n) is 2.10. The largest absolute Gasteiger partial charge is 0.495 e. The molecule has 1 saturated heterocycles. The van der Waals surface area contributed by atoms with Crippen LogP contribution < -0.4 is 10.5 Å². The highest BCUT2D eigenvalue weighted by molar-refractivity contribution is 7.89. The molecule has 106 valence electrons. The summed E-state index contributed by atoms with van der Waals surface area (Å²) in [4.78, 5) is 0.155. The predicted octanol–water partition coefficient (Wildman–Crippen LogP) is 0.423. The number of piperidine rings is 1. The number of nitrogens with two attached hydrogens (primary N) is 1. The van der Waals surface area contributed by atoms with Gasteiger partial charge in [0.2, 0.25) is 10.0 Å². The second kappa shape index (κ2) is 5.36. The molecule has 1 aliphatic rings. The summed E-state index contributed by atoms with van der Waals surface area (Å²) in [5.74, 6) is 0.452. The van der Waals surface area contributed by atoms with Gasteiger partial charge in [-0.25, -0.2) is 8.42 Å². The van der Waals surface area contributed by atoms with Gasteiger partial charge in [-0.15, -0.1) is 0 Å². The number of hydrogen-bond acceptors (Lipinski definition) is 5. The molecule has 0 saturated carbocycles. The zero-order valence-corrected chi connectivity index (χ0v) is 11.6. The second-order valence-corrected chi connectivity index (χ2v) is 6.48. The zero-order valence-electron chi connectivity index (χ0n) is 10.7. The fraction of sp³-hybridized carbons (Fsp3) is 0.500. The number of hydrogen-bond donors (Lipinski definition) is 2.